The molecule has 0 unspecified atom stereocenters. The van der Waals surface area contributed by atoms with E-state index < -0.39 is 0 Å². The number of H-pyrrole nitrogens is 1. The first-order valence-corrected chi connectivity index (χ1v) is 10.1. The molecule has 0 saturated heterocycles. The predicted octanol–water partition coefficient (Wildman–Crippen LogP) is 2.90. The van der Waals surface area contributed by atoms with Gasteiger partial charge in [-0.05, 0) is 33.5 Å². The Bertz CT molecular complexity index is 1290. The third kappa shape index (κ3) is 4.28. The van der Waals surface area contributed by atoms with Crippen molar-refractivity contribution in [3.63, 3.8) is 0 Å². The van der Waals surface area contributed by atoms with E-state index >= 15 is 0 Å². The minimum atomic E-state index is 0. The van der Waals surface area contributed by atoms with E-state index in [1.165, 1.54) is 11.1 Å². The van der Waals surface area contributed by atoms with E-state index in [1.807, 2.05) is 22.8 Å². The molecular weight excluding hydrogens is 415 g/mol. The van der Waals surface area contributed by atoms with E-state index in [4.69, 9.17) is 0 Å². The van der Waals surface area contributed by atoms with Crippen LogP contribution in [0.2, 0.25) is 0 Å². The average Bonchev–Trinajstić information content (AvgIpc) is 3.52. The molecule has 0 aliphatic carbocycles. The zero-order valence-electron chi connectivity index (χ0n) is 16.9. The number of aryl methyl sites for hydroxylation is 2. The Morgan fingerprint density at radius 1 is 0.935 bits per heavy atom. The van der Waals surface area contributed by atoms with Crippen LogP contribution in [0.4, 0.5) is 0 Å². The fraction of sp³-hybridized carbons (Fsp3) is 0.227. The fourth-order valence-corrected chi connectivity index (χ4v) is 3.72. The van der Waals surface area contributed by atoms with Crippen LogP contribution in [0, 0.1) is 0 Å². The number of hydrogen-bond donors (Lipinski definition) is 1. The standard InChI is InChI=1S/C22H22N8.K.H/c1-3-16-14-29(30-22(16)23-20(4-2)26-30)13-15-9-11-17(12-10-15)18-7-5-6-8-19(18)21-24-27-28-25-21;;/h5-12,14H,3-4,13H2,1-2H3,(H,24,25,27,28);;. The Labute approximate surface area is 222 Å². The van der Waals surface area contributed by atoms with Crippen molar-refractivity contribution < 1.29 is 0 Å². The molecule has 2 aromatic carbocycles. The number of hydrogen-bond acceptors (Lipinski definition) is 5. The van der Waals surface area contributed by atoms with Crippen LogP contribution in [-0.4, -0.2) is 91.4 Å². The Morgan fingerprint density at radius 2 is 1.71 bits per heavy atom. The van der Waals surface area contributed by atoms with Crippen LogP contribution >= 0.6 is 0 Å². The quantitative estimate of drug-likeness (QED) is 0.412. The number of tetrazole rings is 1. The second-order valence-electron chi connectivity index (χ2n) is 7.19. The van der Waals surface area contributed by atoms with E-state index in [2.05, 4.69) is 85.8 Å². The van der Waals surface area contributed by atoms with Gasteiger partial charge in [0.25, 0.3) is 0 Å². The molecule has 8 nitrogen and oxygen atoms in total. The maximum absolute atomic E-state index is 4.66. The molecule has 0 spiro atoms. The second kappa shape index (κ2) is 9.54. The van der Waals surface area contributed by atoms with Gasteiger partial charge < -0.3 is 0 Å². The molecule has 0 saturated carbocycles. The van der Waals surface area contributed by atoms with Gasteiger partial charge in [0, 0.05) is 23.7 Å². The van der Waals surface area contributed by atoms with Crippen molar-refractivity contribution in [1.82, 2.24) is 40.0 Å². The van der Waals surface area contributed by atoms with E-state index in [0.29, 0.717) is 5.82 Å². The van der Waals surface area contributed by atoms with Crippen molar-refractivity contribution in [2.45, 2.75) is 33.2 Å². The molecule has 0 fully saturated rings. The van der Waals surface area contributed by atoms with E-state index in [0.717, 1.165) is 47.5 Å². The molecule has 0 aliphatic heterocycles. The van der Waals surface area contributed by atoms with Gasteiger partial charge in [-0.25, -0.2) is 10.1 Å². The van der Waals surface area contributed by atoms with Crippen molar-refractivity contribution in [3.8, 4) is 22.5 Å². The summed E-state index contributed by atoms with van der Waals surface area (Å²) in [4.78, 5) is 4.66. The first-order valence-electron chi connectivity index (χ1n) is 10.1. The first kappa shape index (κ1) is 22.0. The van der Waals surface area contributed by atoms with Crippen LogP contribution in [-0.2, 0) is 19.4 Å². The molecule has 1 N–H and O–H groups in total. The molecule has 9 heteroatoms. The molecular formula is C22H23KN8. The van der Waals surface area contributed by atoms with Crippen molar-refractivity contribution in [2.24, 2.45) is 0 Å². The van der Waals surface area contributed by atoms with Crippen LogP contribution in [0.1, 0.15) is 30.8 Å². The summed E-state index contributed by atoms with van der Waals surface area (Å²) in [6, 6.07) is 16.7. The summed E-state index contributed by atoms with van der Waals surface area (Å²) in [5, 5.41) is 19.0. The van der Waals surface area contributed by atoms with Gasteiger partial charge >= 0.3 is 51.4 Å². The summed E-state index contributed by atoms with van der Waals surface area (Å²) >= 11 is 0. The molecule has 3 aromatic heterocycles. The predicted molar refractivity (Wildman–Crippen MR) is 121 cm³/mol. The monoisotopic (exact) mass is 438 g/mol. The molecule has 0 amide bonds. The molecule has 0 aliphatic rings. The molecule has 0 bridgehead atoms. The Hall–Kier alpha value is -2.17. The first-order chi connectivity index (χ1) is 14.8. The van der Waals surface area contributed by atoms with Crippen LogP contribution in [0.5, 0.6) is 0 Å². The number of nitrogens with zero attached hydrogens (tertiary/aromatic N) is 7. The third-order valence-electron chi connectivity index (χ3n) is 5.30. The zero-order valence-corrected chi connectivity index (χ0v) is 16.9. The van der Waals surface area contributed by atoms with Gasteiger partial charge in [0.15, 0.2) is 17.3 Å². The van der Waals surface area contributed by atoms with Crippen molar-refractivity contribution >= 4 is 57.0 Å². The average molecular weight is 439 g/mol. The van der Waals surface area contributed by atoms with Gasteiger partial charge in [-0.1, -0.05) is 62.4 Å². The van der Waals surface area contributed by atoms with Crippen molar-refractivity contribution in [2.75, 3.05) is 0 Å². The second-order valence-corrected chi connectivity index (χ2v) is 7.19. The van der Waals surface area contributed by atoms with Gasteiger partial charge in [-0.2, -0.15) is 4.63 Å². The molecule has 31 heavy (non-hydrogen) atoms. The summed E-state index contributed by atoms with van der Waals surface area (Å²) in [7, 11) is 0. The number of aromatic amines is 1. The summed E-state index contributed by atoms with van der Waals surface area (Å²) in [5.41, 5.74) is 6.55. The van der Waals surface area contributed by atoms with Crippen LogP contribution in [0.25, 0.3) is 28.2 Å². The van der Waals surface area contributed by atoms with Gasteiger partial charge in [0.2, 0.25) is 0 Å². The number of benzene rings is 2. The van der Waals surface area contributed by atoms with Crippen molar-refractivity contribution in [3.05, 3.63) is 71.7 Å². The van der Waals surface area contributed by atoms with E-state index in [9.17, 15) is 0 Å². The van der Waals surface area contributed by atoms with Gasteiger partial charge in [-0.3, -0.25) is 4.68 Å². The summed E-state index contributed by atoms with van der Waals surface area (Å²) in [6.07, 6.45) is 3.92. The van der Waals surface area contributed by atoms with Crippen LogP contribution in [0.15, 0.2) is 54.7 Å². The molecule has 5 aromatic rings. The molecule has 0 radical (unpaired) electrons. The Balaban J connectivity index is 0.00000231. The molecule has 5 rings (SSSR count). The Kier molecular flexibility index (Phi) is 6.78. The molecule has 3 heterocycles. The summed E-state index contributed by atoms with van der Waals surface area (Å²) < 4.78 is 4.06. The molecule has 0 atom stereocenters. The van der Waals surface area contributed by atoms with Gasteiger partial charge in [0.1, 0.15) is 0 Å². The van der Waals surface area contributed by atoms with Crippen LogP contribution in [0.3, 0.4) is 0 Å². The minimum absolute atomic E-state index is 0. The summed E-state index contributed by atoms with van der Waals surface area (Å²) in [6.45, 7) is 4.96. The Morgan fingerprint density at radius 3 is 2.39 bits per heavy atom. The number of aromatic nitrogens is 8. The number of fused-ring (bicyclic) bond motifs is 1. The van der Waals surface area contributed by atoms with Gasteiger partial charge in [0.05, 0.1) is 6.54 Å². The molecule has 152 valence electrons. The van der Waals surface area contributed by atoms with Crippen LogP contribution < -0.4 is 0 Å². The summed E-state index contributed by atoms with van der Waals surface area (Å²) in [5.74, 6) is 1.54. The normalized spacial score (nSPS) is 11.0. The number of rotatable bonds is 6. The van der Waals surface area contributed by atoms with E-state index in [-0.39, 0.29) is 51.4 Å². The zero-order chi connectivity index (χ0) is 20.5. The maximum atomic E-state index is 4.66. The SMILES string of the molecule is CCc1nc2c(CC)cn(Cc3ccc(-c4ccccc4-c4nnn[nH]4)cc3)n2n1.[KH]. The fourth-order valence-electron chi connectivity index (χ4n) is 3.72. The van der Waals surface area contributed by atoms with Gasteiger partial charge in [-0.15, -0.1) is 10.2 Å². The van der Waals surface area contributed by atoms with E-state index in [1.54, 1.807) is 0 Å². The van der Waals surface area contributed by atoms with Crippen molar-refractivity contribution in [1.29, 1.82) is 0 Å². The topological polar surface area (TPSA) is 89.6 Å². The number of nitrogens with one attached hydrogen (secondary N) is 1. The third-order valence-corrected chi connectivity index (χ3v) is 5.30.